The number of allylic oxidation sites excluding steroid dienone is 1. The molecule has 1 aliphatic rings. The number of hydrogen-bond acceptors (Lipinski definition) is 0. The summed E-state index contributed by atoms with van der Waals surface area (Å²) < 4.78 is 1.15. The van der Waals surface area contributed by atoms with Crippen LogP contribution in [0.4, 0.5) is 0 Å². The minimum absolute atomic E-state index is 1.15. The first-order valence-corrected chi connectivity index (χ1v) is 7.43. The van der Waals surface area contributed by atoms with Crippen LogP contribution in [0.3, 0.4) is 0 Å². The van der Waals surface area contributed by atoms with Gasteiger partial charge in [-0.2, -0.15) is 0 Å². The van der Waals surface area contributed by atoms with Crippen molar-refractivity contribution in [2.75, 3.05) is 0 Å². The van der Waals surface area contributed by atoms with Crippen molar-refractivity contribution in [2.24, 2.45) is 0 Å². The molecule has 0 heterocycles. The van der Waals surface area contributed by atoms with Crippen LogP contribution in [-0.4, -0.2) is 0 Å². The van der Waals surface area contributed by atoms with Gasteiger partial charge in [-0.15, -0.1) is 0 Å². The molecule has 0 spiro atoms. The van der Waals surface area contributed by atoms with Crippen LogP contribution in [0.15, 0.2) is 53.0 Å². The van der Waals surface area contributed by atoms with E-state index in [0.29, 0.717) is 0 Å². The molecule has 0 amide bonds. The van der Waals surface area contributed by atoms with E-state index in [1.807, 2.05) is 0 Å². The average Bonchev–Trinajstić information content (AvgIpc) is 2.47. The molecule has 0 N–H and O–H groups in total. The van der Waals surface area contributed by atoms with Crippen LogP contribution in [0.2, 0.25) is 0 Å². The van der Waals surface area contributed by atoms with Crippen LogP contribution in [0.1, 0.15) is 17.5 Å². The smallest absolute Gasteiger partial charge is 0.0181 e. The van der Waals surface area contributed by atoms with Crippen LogP contribution in [-0.2, 0) is 6.42 Å². The summed E-state index contributed by atoms with van der Waals surface area (Å²) in [6.45, 7) is 0. The molecule has 3 aromatic carbocycles. The molecule has 0 nitrogen and oxygen atoms in total. The van der Waals surface area contributed by atoms with Gasteiger partial charge in [0.05, 0.1) is 0 Å². The maximum Gasteiger partial charge on any atom is 0.0181 e. The summed E-state index contributed by atoms with van der Waals surface area (Å²) in [4.78, 5) is 0. The van der Waals surface area contributed by atoms with E-state index in [2.05, 4.69) is 70.5 Å². The number of fused-ring (bicyclic) bond motifs is 6. The van der Waals surface area contributed by atoms with Crippen molar-refractivity contribution in [3.63, 3.8) is 0 Å². The van der Waals surface area contributed by atoms with Crippen LogP contribution in [0, 0.1) is 0 Å². The second-order valence-electron chi connectivity index (χ2n) is 5.07. The SMILES string of the molecule is Brc1ccc2c(c1)c1c(c3ccccc32)CCC=C1. The molecule has 0 radical (unpaired) electrons. The normalized spacial score (nSPS) is 13.9. The standard InChI is InChI=1S/C18H13Br/c19-12-9-10-17-15-7-2-1-5-13(15)14-6-3-4-8-16(14)18(17)11-12/h1-2,4-5,7-11H,3,6H2. The van der Waals surface area contributed by atoms with E-state index in [0.717, 1.165) is 17.3 Å². The van der Waals surface area contributed by atoms with Gasteiger partial charge in [0, 0.05) is 4.47 Å². The number of benzene rings is 3. The summed E-state index contributed by atoms with van der Waals surface area (Å²) in [6, 6.07) is 15.4. The second kappa shape index (κ2) is 4.21. The van der Waals surface area contributed by atoms with Crippen molar-refractivity contribution < 1.29 is 0 Å². The van der Waals surface area contributed by atoms with E-state index in [-0.39, 0.29) is 0 Å². The Kier molecular flexibility index (Phi) is 2.49. The third-order valence-electron chi connectivity index (χ3n) is 3.98. The predicted octanol–water partition coefficient (Wildman–Crippen LogP) is 5.71. The Balaban J connectivity index is 2.31. The number of halogens is 1. The Hall–Kier alpha value is -1.60. The summed E-state index contributed by atoms with van der Waals surface area (Å²) in [6.07, 6.45) is 6.88. The van der Waals surface area contributed by atoms with Gasteiger partial charge in [-0.3, -0.25) is 0 Å². The van der Waals surface area contributed by atoms with Crippen molar-refractivity contribution in [3.05, 3.63) is 64.1 Å². The fraction of sp³-hybridized carbons (Fsp3) is 0.111. The zero-order valence-electron chi connectivity index (χ0n) is 10.5. The Morgan fingerprint density at radius 2 is 1.63 bits per heavy atom. The summed E-state index contributed by atoms with van der Waals surface area (Å²) >= 11 is 3.60. The molecule has 0 fully saturated rings. The van der Waals surface area contributed by atoms with Gasteiger partial charge in [0.2, 0.25) is 0 Å². The van der Waals surface area contributed by atoms with E-state index in [1.165, 1.54) is 32.7 Å². The molecule has 1 heteroatoms. The lowest BCUT2D eigenvalue weighted by molar-refractivity contribution is 1.00. The number of hydrogen-bond donors (Lipinski definition) is 0. The van der Waals surface area contributed by atoms with E-state index in [1.54, 1.807) is 0 Å². The molecule has 1 aliphatic carbocycles. The second-order valence-corrected chi connectivity index (χ2v) is 5.98. The molecule has 0 aliphatic heterocycles. The van der Waals surface area contributed by atoms with Crippen molar-refractivity contribution in [1.82, 2.24) is 0 Å². The first kappa shape index (κ1) is 11.2. The van der Waals surface area contributed by atoms with Gasteiger partial charge in [0.1, 0.15) is 0 Å². The quantitative estimate of drug-likeness (QED) is 0.466. The van der Waals surface area contributed by atoms with Gasteiger partial charge in [-0.1, -0.05) is 58.4 Å². The zero-order valence-corrected chi connectivity index (χ0v) is 12.1. The molecule has 0 saturated carbocycles. The molecule has 19 heavy (non-hydrogen) atoms. The van der Waals surface area contributed by atoms with Crippen molar-refractivity contribution in [3.8, 4) is 0 Å². The molecule has 0 unspecified atom stereocenters. The lowest BCUT2D eigenvalue weighted by Gasteiger charge is -2.17. The van der Waals surface area contributed by atoms with E-state index >= 15 is 0 Å². The molecule has 92 valence electrons. The van der Waals surface area contributed by atoms with Gasteiger partial charge in [-0.25, -0.2) is 0 Å². The minimum Gasteiger partial charge on any atom is -0.0836 e. The summed E-state index contributed by atoms with van der Waals surface area (Å²) in [5.74, 6) is 0. The predicted molar refractivity (Wildman–Crippen MR) is 86.5 cm³/mol. The first-order chi connectivity index (χ1) is 9.34. The lowest BCUT2D eigenvalue weighted by Crippen LogP contribution is -1.97. The first-order valence-electron chi connectivity index (χ1n) is 6.64. The fourth-order valence-electron chi connectivity index (χ4n) is 3.15. The maximum absolute atomic E-state index is 3.60. The molecule has 4 rings (SSSR count). The Labute approximate surface area is 120 Å². The molecular formula is C18H13Br. The Morgan fingerprint density at radius 1 is 0.842 bits per heavy atom. The zero-order chi connectivity index (χ0) is 12.8. The molecular weight excluding hydrogens is 296 g/mol. The minimum atomic E-state index is 1.15. The van der Waals surface area contributed by atoms with E-state index in [4.69, 9.17) is 0 Å². The molecule has 0 saturated heterocycles. The molecule has 0 aromatic heterocycles. The van der Waals surface area contributed by atoms with Crippen molar-refractivity contribution in [1.29, 1.82) is 0 Å². The van der Waals surface area contributed by atoms with Crippen LogP contribution >= 0.6 is 15.9 Å². The summed E-state index contributed by atoms with van der Waals surface area (Å²) in [7, 11) is 0. The highest BCUT2D eigenvalue weighted by molar-refractivity contribution is 9.10. The third-order valence-corrected chi connectivity index (χ3v) is 4.48. The van der Waals surface area contributed by atoms with Crippen LogP contribution in [0.25, 0.3) is 27.6 Å². The van der Waals surface area contributed by atoms with Gasteiger partial charge < -0.3 is 0 Å². The van der Waals surface area contributed by atoms with Gasteiger partial charge in [0.15, 0.2) is 0 Å². The molecule has 0 bridgehead atoms. The van der Waals surface area contributed by atoms with Crippen LogP contribution in [0.5, 0.6) is 0 Å². The maximum atomic E-state index is 3.60. The molecule has 3 aromatic rings. The number of aryl methyl sites for hydroxylation is 1. The largest absolute Gasteiger partial charge is 0.0836 e. The van der Waals surface area contributed by atoms with Crippen molar-refractivity contribution in [2.45, 2.75) is 12.8 Å². The lowest BCUT2D eigenvalue weighted by atomic mass is 9.87. The third kappa shape index (κ3) is 1.65. The van der Waals surface area contributed by atoms with Gasteiger partial charge in [0.25, 0.3) is 0 Å². The highest BCUT2D eigenvalue weighted by atomic mass is 79.9. The van der Waals surface area contributed by atoms with Crippen LogP contribution < -0.4 is 0 Å². The molecule has 0 atom stereocenters. The fourth-order valence-corrected chi connectivity index (χ4v) is 3.51. The van der Waals surface area contributed by atoms with E-state index < -0.39 is 0 Å². The Bertz CT molecular complexity index is 828. The highest BCUT2D eigenvalue weighted by Gasteiger charge is 2.14. The average molecular weight is 309 g/mol. The number of rotatable bonds is 0. The van der Waals surface area contributed by atoms with Crippen molar-refractivity contribution >= 4 is 43.6 Å². The summed E-state index contributed by atoms with van der Waals surface area (Å²) in [5, 5.41) is 5.50. The topological polar surface area (TPSA) is 0 Å². The van der Waals surface area contributed by atoms with Gasteiger partial charge in [-0.05, 0) is 57.6 Å². The summed E-state index contributed by atoms with van der Waals surface area (Å²) in [5.41, 5.74) is 2.91. The van der Waals surface area contributed by atoms with Gasteiger partial charge >= 0.3 is 0 Å². The monoisotopic (exact) mass is 308 g/mol. The highest BCUT2D eigenvalue weighted by Crippen LogP contribution is 2.37. The Morgan fingerprint density at radius 3 is 2.53 bits per heavy atom. The van der Waals surface area contributed by atoms with E-state index in [9.17, 15) is 0 Å².